The molecule has 5 heteroatoms. The summed E-state index contributed by atoms with van der Waals surface area (Å²) in [7, 11) is 0. The van der Waals surface area contributed by atoms with Crippen molar-refractivity contribution in [1.29, 1.82) is 0 Å². The van der Waals surface area contributed by atoms with Crippen LogP contribution in [0.1, 0.15) is 9.75 Å². The Balaban J connectivity index is 1.80. The number of amides is 1. The molecular formula is C11H10BrNOS2. The fraction of sp³-hybridized carbons (Fsp3) is 0.182. The number of rotatable bonds is 4. The number of nitrogens with one attached hydrogen (secondary N) is 1. The summed E-state index contributed by atoms with van der Waals surface area (Å²) in [6.07, 6.45) is 0.476. The first-order valence-electron chi connectivity index (χ1n) is 4.76. The Morgan fingerprint density at radius 3 is 2.88 bits per heavy atom. The van der Waals surface area contributed by atoms with E-state index in [2.05, 4.69) is 21.2 Å². The van der Waals surface area contributed by atoms with Gasteiger partial charge in [0.15, 0.2) is 0 Å². The molecule has 2 aromatic heterocycles. The number of halogens is 1. The minimum absolute atomic E-state index is 0.0759. The maximum atomic E-state index is 11.6. The highest BCUT2D eigenvalue weighted by Crippen LogP contribution is 2.19. The van der Waals surface area contributed by atoms with Gasteiger partial charge in [-0.1, -0.05) is 6.07 Å². The van der Waals surface area contributed by atoms with Crippen LogP contribution >= 0.6 is 38.6 Å². The average molecular weight is 316 g/mol. The van der Waals surface area contributed by atoms with Crippen LogP contribution in [0.3, 0.4) is 0 Å². The summed E-state index contributed by atoms with van der Waals surface area (Å²) in [5.74, 6) is 0.0759. The molecular weight excluding hydrogens is 306 g/mol. The van der Waals surface area contributed by atoms with Gasteiger partial charge in [0.25, 0.3) is 0 Å². The van der Waals surface area contributed by atoms with E-state index in [9.17, 15) is 4.79 Å². The van der Waals surface area contributed by atoms with Gasteiger partial charge in [0.2, 0.25) is 5.91 Å². The van der Waals surface area contributed by atoms with Gasteiger partial charge in [0.1, 0.15) is 0 Å². The van der Waals surface area contributed by atoms with Crippen molar-refractivity contribution in [3.8, 4) is 0 Å². The SMILES string of the molecule is O=C(Cc1cccs1)NCc1cc(Br)cs1. The largest absolute Gasteiger partial charge is 0.351 e. The Labute approximate surface area is 110 Å². The summed E-state index contributed by atoms with van der Waals surface area (Å²) in [6.45, 7) is 0.612. The summed E-state index contributed by atoms with van der Waals surface area (Å²) in [5.41, 5.74) is 0. The predicted molar refractivity (Wildman–Crippen MR) is 71.9 cm³/mol. The lowest BCUT2D eigenvalue weighted by Crippen LogP contribution is -2.23. The van der Waals surface area contributed by atoms with Crippen molar-refractivity contribution in [3.63, 3.8) is 0 Å². The maximum absolute atomic E-state index is 11.6. The highest BCUT2D eigenvalue weighted by Gasteiger charge is 2.04. The second-order valence-electron chi connectivity index (χ2n) is 3.26. The minimum Gasteiger partial charge on any atom is -0.351 e. The van der Waals surface area contributed by atoms with E-state index in [0.717, 1.165) is 14.2 Å². The van der Waals surface area contributed by atoms with Gasteiger partial charge in [-0.25, -0.2) is 0 Å². The van der Waals surface area contributed by atoms with E-state index < -0.39 is 0 Å². The van der Waals surface area contributed by atoms with Gasteiger partial charge >= 0.3 is 0 Å². The van der Waals surface area contributed by atoms with Crippen LogP contribution < -0.4 is 5.32 Å². The highest BCUT2D eigenvalue weighted by atomic mass is 79.9. The summed E-state index contributed by atoms with van der Waals surface area (Å²) in [6, 6.07) is 5.96. The molecule has 0 radical (unpaired) electrons. The van der Waals surface area contributed by atoms with Crippen LogP contribution in [-0.2, 0) is 17.8 Å². The zero-order valence-corrected chi connectivity index (χ0v) is 11.6. The van der Waals surface area contributed by atoms with Crippen LogP contribution in [0.5, 0.6) is 0 Å². The van der Waals surface area contributed by atoms with Crippen molar-refractivity contribution in [2.75, 3.05) is 0 Å². The lowest BCUT2D eigenvalue weighted by Gasteiger charge is -2.01. The standard InChI is InChI=1S/C11H10BrNOS2/c12-8-4-10(16-7-8)6-13-11(14)5-9-2-1-3-15-9/h1-4,7H,5-6H2,(H,13,14). The summed E-state index contributed by atoms with van der Waals surface area (Å²) < 4.78 is 1.07. The van der Waals surface area contributed by atoms with Crippen LogP contribution in [0.4, 0.5) is 0 Å². The van der Waals surface area contributed by atoms with Gasteiger partial charge in [-0.05, 0) is 33.4 Å². The molecule has 1 amide bonds. The number of carbonyl (C=O) groups excluding carboxylic acids is 1. The van der Waals surface area contributed by atoms with E-state index in [0.29, 0.717) is 13.0 Å². The number of hydrogen-bond acceptors (Lipinski definition) is 3. The predicted octanol–water partition coefficient (Wildman–Crippen LogP) is 3.43. The Kier molecular flexibility index (Phi) is 4.15. The fourth-order valence-corrected chi connectivity index (χ4v) is 3.36. The minimum atomic E-state index is 0.0759. The molecule has 0 spiro atoms. The molecule has 0 bridgehead atoms. The average Bonchev–Trinajstić information content (AvgIpc) is 2.87. The Morgan fingerprint density at radius 2 is 2.25 bits per heavy atom. The Morgan fingerprint density at radius 1 is 1.38 bits per heavy atom. The molecule has 84 valence electrons. The zero-order chi connectivity index (χ0) is 11.4. The van der Waals surface area contributed by atoms with Crippen LogP contribution in [-0.4, -0.2) is 5.91 Å². The normalized spacial score (nSPS) is 10.3. The number of thiophene rings is 2. The number of hydrogen-bond donors (Lipinski definition) is 1. The van der Waals surface area contributed by atoms with Crippen molar-refractivity contribution >= 4 is 44.5 Å². The molecule has 0 aliphatic heterocycles. The van der Waals surface area contributed by atoms with Gasteiger partial charge in [-0.15, -0.1) is 22.7 Å². The van der Waals surface area contributed by atoms with Gasteiger partial charge in [-0.3, -0.25) is 4.79 Å². The van der Waals surface area contributed by atoms with Gasteiger partial charge in [-0.2, -0.15) is 0 Å². The van der Waals surface area contributed by atoms with E-state index >= 15 is 0 Å². The van der Waals surface area contributed by atoms with Crippen molar-refractivity contribution in [3.05, 3.63) is 43.2 Å². The molecule has 2 rings (SSSR count). The molecule has 0 atom stereocenters. The van der Waals surface area contributed by atoms with Crippen molar-refractivity contribution in [1.82, 2.24) is 5.32 Å². The fourth-order valence-electron chi connectivity index (χ4n) is 1.27. The first-order valence-corrected chi connectivity index (χ1v) is 7.31. The van der Waals surface area contributed by atoms with Crippen LogP contribution in [0.15, 0.2) is 33.4 Å². The maximum Gasteiger partial charge on any atom is 0.225 e. The third kappa shape index (κ3) is 3.43. The molecule has 1 N–H and O–H groups in total. The van der Waals surface area contributed by atoms with E-state index in [1.165, 1.54) is 0 Å². The van der Waals surface area contributed by atoms with Gasteiger partial charge in [0, 0.05) is 19.6 Å². The lowest BCUT2D eigenvalue weighted by atomic mass is 10.3. The molecule has 0 unspecified atom stereocenters. The Bertz CT molecular complexity index is 464. The lowest BCUT2D eigenvalue weighted by molar-refractivity contribution is -0.120. The second kappa shape index (κ2) is 5.61. The third-order valence-electron chi connectivity index (χ3n) is 2.00. The molecule has 0 fully saturated rings. The molecule has 16 heavy (non-hydrogen) atoms. The van der Waals surface area contributed by atoms with Crippen LogP contribution in [0, 0.1) is 0 Å². The molecule has 2 nitrogen and oxygen atoms in total. The molecule has 0 saturated heterocycles. The first-order chi connectivity index (χ1) is 7.74. The van der Waals surface area contributed by atoms with E-state index in [4.69, 9.17) is 0 Å². The first kappa shape index (κ1) is 11.8. The van der Waals surface area contributed by atoms with Crippen molar-refractivity contribution in [2.45, 2.75) is 13.0 Å². The molecule has 0 aliphatic rings. The van der Waals surface area contributed by atoms with E-state index in [1.807, 2.05) is 29.0 Å². The number of carbonyl (C=O) groups is 1. The second-order valence-corrected chi connectivity index (χ2v) is 6.21. The quantitative estimate of drug-likeness (QED) is 0.920. The molecule has 0 aliphatic carbocycles. The highest BCUT2D eigenvalue weighted by molar-refractivity contribution is 9.10. The summed E-state index contributed by atoms with van der Waals surface area (Å²) in [4.78, 5) is 13.8. The summed E-state index contributed by atoms with van der Waals surface area (Å²) >= 11 is 6.64. The smallest absolute Gasteiger partial charge is 0.225 e. The summed E-state index contributed by atoms with van der Waals surface area (Å²) in [5, 5.41) is 6.91. The van der Waals surface area contributed by atoms with Crippen molar-refractivity contribution < 1.29 is 4.79 Å². The van der Waals surface area contributed by atoms with Gasteiger partial charge in [0.05, 0.1) is 13.0 Å². The molecule has 2 heterocycles. The monoisotopic (exact) mass is 315 g/mol. The Hall–Kier alpha value is -0.650. The zero-order valence-electron chi connectivity index (χ0n) is 8.40. The molecule has 2 aromatic rings. The molecule has 0 aromatic carbocycles. The van der Waals surface area contributed by atoms with Crippen LogP contribution in [0.2, 0.25) is 0 Å². The van der Waals surface area contributed by atoms with Crippen LogP contribution in [0.25, 0.3) is 0 Å². The third-order valence-corrected chi connectivity index (χ3v) is 4.57. The van der Waals surface area contributed by atoms with E-state index in [1.54, 1.807) is 22.7 Å². The van der Waals surface area contributed by atoms with Gasteiger partial charge < -0.3 is 5.32 Å². The van der Waals surface area contributed by atoms with Crippen molar-refractivity contribution in [2.24, 2.45) is 0 Å². The van der Waals surface area contributed by atoms with E-state index in [-0.39, 0.29) is 5.91 Å². The topological polar surface area (TPSA) is 29.1 Å². The molecule has 0 saturated carbocycles.